The minimum atomic E-state index is -0.293. The van der Waals surface area contributed by atoms with E-state index in [1.807, 2.05) is 0 Å². The van der Waals surface area contributed by atoms with Crippen LogP contribution in [0.1, 0.15) is 47.2 Å². The Morgan fingerprint density at radius 2 is 1.07 bits per heavy atom. The maximum Gasteiger partial charge on any atom is 0.0714 e. The zero-order valence-corrected chi connectivity index (χ0v) is 18.1. The van der Waals surface area contributed by atoms with Gasteiger partial charge in [0.15, 0.2) is 0 Å². The molecular weight excluding hydrogens is 416 g/mol. The molecule has 0 bridgehead atoms. The first-order valence-corrected chi connectivity index (χ1v) is 11.0. The summed E-state index contributed by atoms with van der Waals surface area (Å²) in [6, 6.07) is 33.7. The summed E-state index contributed by atoms with van der Waals surface area (Å²) >= 11 is 3.73. The summed E-state index contributed by atoms with van der Waals surface area (Å²) < 4.78 is 1.12. The van der Waals surface area contributed by atoms with Crippen molar-refractivity contribution in [1.82, 2.24) is 0 Å². The minimum Gasteiger partial charge on any atom is -0.0622 e. The highest BCUT2D eigenvalue weighted by Crippen LogP contribution is 2.63. The van der Waals surface area contributed by atoms with Crippen LogP contribution in [0, 0.1) is 0 Å². The standard InChI is InChI=1S/C28H21Br/c1-27(2)21-13-7-15-23-25(21)26-22(27)14-8-16-24(26)28(23,18-9-4-3-5-10-18)19-11-6-12-20(29)17-19/h3-17H,1-2H3. The van der Waals surface area contributed by atoms with Crippen LogP contribution in [0.25, 0.3) is 11.1 Å². The Bertz CT molecular complexity index is 1230. The van der Waals surface area contributed by atoms with E-state index in [9.17, 15) is 0 Å². The van der Waals surface area contributed by atoms with Crippen LogP contribution in [0.3, 0.4) is 0 Å². The molecule has 0 radical (unpaired) electrons. The molecule has 0 heterocycles. The van der Waals surface area contributed by atoms with Gasteiger partial charge in [0.1, 0.15) is 0 Å². The fourth-order valence-corrected chi connectivity index (χ4v) is 6.20. The normalized spacial score (nSPS) is 16.7. The lowest BCUT2D eigenvalue weighted by Gasteiger charge is -2.36. The van der Waals surface area contributed by atoms with Gasteiger partial charge < -0.3 is 0 Å². The minimum absolute atomic E-state index is 0.0385. The SMILES string of the molecule is CC1(C)c2cccc3c2-c2c1cccc2C3(c1ccccc1)c1cccc(Br)c1. The molecule has 140 valence electrons. The van der Waals surface area contributed by atoms with Crippen molar-refractivity contribution in [3.05, 3.63) is 129 Å². The first-order chi connectivity index (χ1) is 14.1. The average molecular weight is 437 g/mol. The second-order valence-corrected chi connectivity index (χ2v) is 9.62. The molecule has 0 aromatic heterocycles. The predicted octanol–water partition coefficient (Wildman–Crippen LogP) is 7.45. The fraction of sp³-hybridized carbons (Fsp3) is 0.143. The van der Waals surface area contributed by atoms with Gasteiger partial charge in [-0.05, 0) is 56.6 Å². The van der Waals surface area contributed by atoms with Crippen molar-refractivity contribution in [2.24, 2.45) is 0 Å². The molecule has 29 heavy (non-hydrogen) atoms. The number of halogens is 1. The number of hydrogen-bond donors (Lipinski definition) is 0. The zero-order chi connectivity index (χ0) is 19.8. The van der Waals surface area contributed by atoms with Crippen molar-refractivity contribution in [2.75, 3.05) is 0 Å². The van der Waals surface area contributed by atoms with Gasteiger partial charge in [-0.25, -0.2) is 0 Å². The van der Waals surface area contributed by atoms with Gasteiger partial charge in [0, 0.05) is 9.89 Å². The van der Waals surface area contributed by atoms with Gasteiger partial charge in [-0.1, -0.05) is 109 Å². The molecule has 1 heteroatoms. The summed E-state index contributed by atoms with van der Waals surface area (Å²) in [7, 11) is 0. The van der Waals surface area contributed by atoms with E-state index in [0.29, 0.717) is 0 Å². The van der Waals surface area contributed by atoms with Gasteiger partial charge in [-0.15, -0.1) is 0 Å². The lowest BCUT2D eigenvalue weighted by atomic mass is 9.66. The van der Waals surface area contributed by atoms with Crippen LogP contribution in [-0.2, 0) is 10.8 Å². The Balaban J connectivity index is 1.84. The van der Waals surface area contributed by atoms with Crippen molar-refractivity contribution in [2.45, 2.75) is 24.7 Å². The molecule has 4 aromatic rings. The van der Waals surface area contributed by atoms with Gasteiger partial charge in [0.2, 0.25) is 0 Å². The molecule has 0 N–H and O–H groups in total. The van der Waals surface area contributed by atoms with Crippen molar-refractivity contribution in [3.8, 4) is 11.1 Å². The lowest BCUT2D eigenvalue weighted by molar-refractivity contribution is 0.652. The molecular formula is C28H21Br. The van der Waals surface area contributed by atoms with Crippen molar-refractivity contribution in [1.29, 1.82) is 0 Å². The summed E-state index contributed by atoms with van der Waals surface area (Å²) in [5.74, 6) is 0. The Morgan fingerprint density at radius 3 is 1.66 bits per heavy atom. The molecule has 0 saturated heterocycles. The van der Waals surface area contributed by atoms with E-state index < -0.39 is 0 Å². The van der Waals surface area contributed by atoms with E-state index in [0.717, 1.165) is 4.47 Å². The molecule has 6 rings (SSSR count). The molecule has 0 spiro atoms. The summed E-state index contributed by atoms with van der Waals surface area (Å²) in [4.78, 5) is 0. The van der Waals surface area contributed by atoms with Gasteiger partial charge in [-0.3, -0.25) is 0 Å². The second kappa shape index (κ2) is 5.70. The van der Waals surface area contributed by atoms with Crippen LogP contribution >= 0.6 is 15.9 Å². The van der Waals surface area contributed by atoms with Gasteiger partial charge in [0.25, 0.3) is 0 Å². The van der Waals surface area contributed by atoms with Crippen molar-refractivity contribution >= 4 is 15.9 Å². The monoisotopic (exact) mass is 436 g/mol. The van der Waals surface area contributed by atoms with E-state index in [2.05, 4.69) is 121 Å². The zero-order valence-electron chi connectivity index (χ0n) is 16.5. The van der Waals surface area contributed by atoms with Crippen LogP contribution in [0.2, 0.25) is 0 Å². The molecule has 2 aliphatic carbocycles. The third-order valence-corrected chi connectivity index (χ3v) is 7.49. The van der Waals surface area contributed by atoms with E-state index >= 15 is 0 Å². The maximum atomic E-state index is 3.73. The molecule has 0 aliphatic heterocycles. The van der Waals surface area contributed by atoms with Crippen LogP contribution in [0.15, 0.2) is 95.5 Å². The number of hydrogen-bond acceptors (Lipinski definition) is 0. The van der Waals surface area contributed by atoms with E-state index in [1.165, 1.54) is 44.5 Å². The van der Waals surface area contributed by atoms with Crippen molar-refractivity contribution in [3.63, 3.8) is 0 Å². The fourth-order valence-electron chi connectivity index (χ4n) is 5.80. The number of rotatable bonds is 2. The smallest absolute Gasteiger partial charge is 0.0622 e. The molecule has 0 unspecified atom stereocenters. The van der Waals surface area contributed by atoms with Crippen LogP contribution in [-0.4, -0.2) is 0 Å². The number of benzene rings is 4. The van der Waals surface area contributed by atoms with Gasteiger partial charge in [0.05, 0.1) is 5.41 Å². The second-order valence-electron chi connectivity index (χ2n) is 8.71. The summed E-state index contributed by atoms with van der Waals surface area (Å²) in [6.45, 7) is 4.72. The van der Waals surface area contributed by atoms with Crippen LogP contribution in [0.5, 0.6) is 0 Å². The average Bonchev–Trinajstić information content (AvgIpc) is 3.18. The molecule has 0 fully saturated rings. The Kier molecular flexibility index (Phi) is 3.39. The van der Waals surface area contributed by atoms with Crippen LogP contribution in [0.4, 0.5) is 0 Å². The lowest BCUT2D eigenvalue weighted by Crippen LogP contribution is -2.30. The quantitative estimate of drug-likeness (QED) is 0.269. The predicted molar refractivity (Wildman–Crippen MR) is 124 cm³/mol. The van der Waals surface area contributed by atoms with Crippen molar-refractivity contribution < 1.29 is 0 Å². The topological polar surface area (TPSA) is 0 Å². The van der Waals surface area contributed by atoms with Gasteiger partial charge >= 0.3 is 0 Å². The molecule has 4 aromatic carbocycles. The highest BCUT2D eigenvalue weighted by atomic mass is 79.9. The van der Waals surface area contributed by atoms with E-state index in [4.69, 9.17) is 0 Å². The largest absolute Gasteiger partial charge is 0.0714 e. The molecule has 2 aliphatic rings. The Morgan fingerprint density at radius 1 is 0.552 bits per heavy atom. The van der Waals surface area contributed by atoms with Gasteiger partial charge in [-0.2, -0.15) is 0 Å². The van der Waals surface area contributed by atoms with Crippen LogP contribution < -0.4 is 0 Å². The summed E-state index contributed by atoms with van der Waals surface area (Å²) in [5, 5.41) is 0. The molecule has 0 nitrogen and oxygen atoms in total. The Labute approximate surface area is 180 Å². The highest BCUT2D eigenvalue weighted by molar-refractivity contribution is 9.10. The summed E-state index contributed by atoms with van der Waals surface area (Å²) in [5.41, 5.74) is 11.0. The molecule has 0 amide bonds. The summed E-state index contributed by atoms with van der Waals surface area (Å²) in [6.07, 6.45) is 0. The first kappa shape index (κ1) is 17.2. The van der Waals surface area contributed by atoms with E-state index in [-0.39, 0.29) is 10.8 Å². The molecule has 0 atom stereocenters. The third kappa shape index (κ3) is 1.99. The molecule has 0 saturated carbocycles. The first-order valence-electron chi connectivity index (χ1n) is 10.2. The maximum absolute atomic E-state index is 3.73. The highest BCUT2D eigenvalue weighted by Gasteiger charge is 2.52. The third-order valence-electron chi connectivity index (χ3n) is 7.00. The Hall–Kier alpha value is -2.64. The van der Waals surface area contributed by atoms with E-state index in [1.54, 1.807) is 0 Å².